The van der Waals surface area contributed by atoms with Crippen molar-refractivity contribution in [3.8, 4) is 0 Å². The number of carbonyl (C=O) groups excluding carboxylic acids is 2. The monoisotopic (exact) mass is 538 g/mol. The summed E-state index contributed by atoms with van der Waals surface area (Å²) < 4.78 is 5.84. The molecule has 2 N–H and O–H groups in total. The Kier molecular flexibility index (Phi) is 9.49. The number of hydrogen-bond acceptors (Lipinski definition) is 6. The number of carboxylic acid groups (broad SMARTS) is 1. The third-order valence-corrected chi connectivity index (χ3v) is 11.6. The zero-order valence-corrected chi connectivity index (χ0v) is 26.8. The normalized spacial score (nSPS) is 45.0. The molecule has 0 spiro atoms. The fourth-order valence-corrected chi connectivity index (χ4v) is 9.78. The molecule has 0 heterocycles. The zero-order chi connectivity index (χ0) is 27.5. The van der Waals surface area contributed by atoms with Gasteiger partial charge in [-0.05, 0) is 116 Å². The first-order valence-electron chi connectivity index (χ1n) is 14.3. The molecule has 0 amide bonds. The molecule has 4 aliphatic carbocycles. The van der Waals surface area contributed by atoms with Crippen LogP contribution in [0.3, 0.4) is 0 Å². The van der Waals surface area contributed by atoms with Gasteiger partial charge in [-0.25, -0.2) is 0 Å². The van der Waals surface area contributed by atoms with Crippen molar-refractivity contribution in [1.82, 2.24) is 0 Å². The van der Waals surface area contributed by atoms with Crippen molar-refractivity contribution < 1.29 is 59.2 Å². The number of carbonyl (C=O) groups is 2. The van der Waals surface area contributed by atoms with E-state index in [-0.39, 0.29) is 75.2 Å². The van der Waals surface area contributed by atoms with Crippen LogP contribution in [0.25, 0.3) is 0 Å². The van der Waals surface area contributed by atoms with Gasteiger partial charge in [-0.15, -0.1) is 0 Å². The van der Waals surface area contributed by atoms with E-state index in [1.807, 2.05) is 19.9 Å². The third kappa shape index (κ3) is 5.00. The molecule has 4 saturated carbocycles. The summed E-state index contributed by atoms with van der Waals surface area (Å²) in [5, 5.41) is 35.0. The molecule has 7 heteroatoms. The minimum absolute atomic E-state index is 0. The van der Waals surface area contributed by atoms with Gasteiger partial charge < -0.3 is 24.9 Å². The third-order valence-electron chi connectivity index (χ3n) is 11.6. The minimum atomic E-state index is -1.20. The van der Waals surface area contributed by atoms with Crippen LogP contribution in [0.1, 0.15) is 99.8 Å². The molecule has 0 saturated heterocycles. The van der Waals surface area contributed by atoms with Crippen LogP contribution in [0.2, 0.25) is 0 Å². The molecule has 0 aromatic rings. The molecular weight excluding hydrogens is 491 g/mol. The SMILES string of the molecule is CC(=O)O[C@H]1C[C@@]2(C)[C@@H](C[C@@H](O)C3[C@]2(C)CC[C@H]2[C@H](C)[C@H](O)CC[C@]32C)/C1=C(\CCC=C(C)C)C(=O)[O-].[Na+]. The first kappa shape index (κ1) is 31.9. The predicted octanol–water partition coefficient (Wildman–Crippen LogP) is 1.34. The second kappa shape index (κ2) is 11.3. The number of fused-ring (bicyclic) bond motifs is 5. The van der Waals surface area contributed by atoms with E-state index in [2.05, 4.69) is 27.7 Å². The average molecular weight is 539 g/mol. The van der Waals surface area contributed by atoms with Gasteiger partial charge >= 0.3 is 35.5 Å². The van der Waals surface area contributed by atoms with Crippen LogP contribution >= 0.6 is 0 Å². The van der Waals surface area contributed by atoms with Gasteiger partial charge in [-0.2, -0.15) is 0 Å². The van der Waals surface area contributed by atoms with Gasteiger partial charge in [0, 0.05) is 6.92 Å². The van der Waals surface area contributed by atoms with E-state index in [0.29, 0.717) is 37.2 Å². The Morgan fingerprint density at radius 2 is 1.71 bits per heavy atom. The van der Waals surface area contributed by atoms with E-state index in [1.165, 1.54) is 6.92 Å². The van der Waals surface area contributed by atoms with E-state index < -0.39 is 24.1 Å². The van der Waals surface area contributed by atoms with E-state index in [0.717, 1.165) is 31.3 Å². The Labute approximate surface area is 251 Å². The molecule has 4 aliphatic rings. The average Bonchev–Trinajstić information content (AvgIpc) is 3.05. The van der Waals surface area contributed by atoms with Crippen molar-refractivity contribution in [2.45, 2.75) is 118 Å². The number of hydrogen-bond donors (Lipinski definition) is 2. The van der Waals surface area contributed by atoms with Gasteiger partial charge in [0.15, 0.2) is 0 Å². The number of rotatable bonds is 5. The maximum atomic E-state index is 12.5. The molecule has 0 aliphatic heterocycles. The van der Waals surface area contributed by atoms with Crippen LogP contribution in [-0.4, -0.2) is 40.5 Å². The fourth-order valence-electron chi connectivity index (χ4n) is 9.78. The molecule has 6 nitrogen and oxygen atoms in total. The summed E-state index contributed by atoms with van der Waals surface area (Å²) in [5.41, 5.74) is 1.31. The van der Waals surface area contributed by atoms with E-state index in [1.54, 1.807) is 0 Å². The summed E-state index contributed by atoms with van der Waals surface area (Å²) in [6, 6.07) is 0. The summed E-state index contributed by atoms with van der Waals surface area (Å²) in [7, 11) is 0. The number of aliphatic hydroxyl groups excluding tert-OH is 2. The zero-order valence-electron chi connectivity index (χ0n) is 24.8. The van der Waals surface area contributed by atoms with Crippen LogP contribution in [-0.2, 0) is 14.3 Å². The van der Waals surface area contributed by atoms with Gasteiger partial charge in [0.2, 0.25) is 0 Å². The standard InChI is InChI=1S/C31H48O6.Na/c1-17(2)9-8-10-20(28(35)36)26-22-15-24(34)27-29(5)13-12-23(33)18(3)21(29)11-14-30(27,6)31(22,7)16-25(26)37-19(4)32;/h9,18,21-25,27,33-34H,8,10-16H2,1-7H3,(H,35,36);/q;+1/p-1/b26-20-;/t18-,21-,22-,23+,24+,25-,27?,29-,30-,31-;/m0./s1. The number of esters is 1. The largest absolute Gasteiger partial charge is 1.00 e. The topological polar surface area (TPSA) is 107 Å². The summed E-state index contributed by atoms with van der Waals surface area (Å²) in [6.45, 7) is 14.4. The molecular formula is C31H47NaO6. The second-order valence-electron chi connectivity index (χ2n) is 13.6. The first-order chi connectivity index (χ1) is 17.2. The Hall–Kier alpha value is -0.660. The van der Waals surface area contributed by atoms with Crippen molar-refractivity contribution in [1.29, 1.82) is 0 Å². The quantitative estimate of drug-likeness (QED) is 0.237. The van der Waals surface area contributed by atoms with E-state index >= 15 is 0 Å². The van der Waals surface area contributed by atoms with Crippen LogP contribution in [0.5, 0.6) is 0 Å². The van der Waals surface area contributed by atoms with Gasteiger partial charge in [-0.3, -0.25) is 4.79 Å². The maximum Gasteiger partial charge on any atom is 1.00 e. The maximum absolute atomic E-state index is 12.5. The van der Waals surface area contributed by atoms with E-state index in [9.17, 15) is 24.9 Å². The number of ether oxygens (including phenoxy) is 1. The van der Waals surface area contributed by atoms with Crippen molar-refractivity contribution in [2.24, 2.45) is 39.9 Å². The number of allylic oxidation sites excluding steroid dienone is 2. The molecule has 0 bridgehead atoms. The van der Waals surface area contributed by atoms with Crippen molar-refractivity contribution >= 4 is 11.9 Å². The Balaban J connectivity index is 0.00000400. The van der Waals surface area contributed by atoms with Gasteiger partial charge in [0.1, 0.15) is 6.10 Å². The second-order valence-corrected chi connectivity index (χ2v) is 13.6. The smallest absolute Gasteiger partial charge is 0.545 e. The first-order valence-corrected chi connectivity index (χ1v) is 14.3. The molecule has 208 valence electrons. The molecule has 0 radical (unpaired) electrons. The molecule has 10 atom stereocenters. The van der Waals surface area contributed by atoms with Gasteiger partial charge in [0.05, 0.1) is 18.2 Å². The molecule has 0 aromatic heterocycles. The number of aliphatic carboxylic acids is 1. The van der Waals surface area contributed by atoms with Crippen LogP contribution in [0.15, 0.2) is 22.8 Å². The number of carboxylic acids is 1. The Morgan fingerprint density at radius 3 is 2.29 bits per heavy atom. The van der Waals surface area contributed by atoms with Gasteiger partial charge in [0.25, 0.3) is 0 Å². The Morgan fingerprint density at radius 1 is 1.05 bits per heavy atom. The molecule has 38 heavy (non-hydrogen) atoms. The summed E-state index contributed by atoms with van der Waals surface area (Å²) in [6.07, 6.45) is 5.92. The molecule has 1 unspecified atom stereocenters. The van der Waals surface area contributed by atoms with Gasteiger partial charge in [-0.1, -0.05) is 39.3 Å². The molecule has 4 fully saturated rings. The predicted molar refractivity (Wildman–Crippen MR) is 140 cm³/mol. The van der Waals surface area contributed by atoms with Crippen LogP contribution < -0.4 is 34.7 Å². The van der Waals surface area contributed by atoms with E-state index in [4.69, 9.17) is 4.74 Å². The van der Waals surface area contributed by atoms with Crippen molar-refractivity contribution in [2.75, 3.05) is 0 Å². The minimum Gasteiger partial charge on any atom is -0.545 e. The Bertz CT molecular complexity index is 1000. The number of aliphatic hydroxyl groups is 2. The summed E-state index contributed by atoms with van der Waals surface area (Å²) >= 11 is 0. The van der Waals surface area contributed by atoms with Crippen molar-refractivity contribution in [3.63, 3.8) is 0 Å². The molecule has 4 rings (SSSR count). The van der Waals surface area contributed by atoms with Crippen LogP contribution in [0, 0.1) is 39.9 Å². The van der Waals surface area contributed by atoms with Crippen molar-refractivity contribution in [3.05, 3.63) is 22.8 Å². The summed E-state index contributed by atoms with van der Waals surface area (Å²) in [5.74, 6) is -1.25. The summed E-state index contributed by atoms with van der Waals surface area (Å²) in [4.78, 5) is 24.7. The fraction of sp³-hybridized carbons (Fsp3) is 0.806. The van der Waals surface area contributed by atoms with Crippen LogP contribution in [0.4, 0.5) is 0 Å². The molecule has 0 aromatic carbocycles.